The summed E-state index contributed by atoms with van der Waals surface area (Å²) < 4.78 is 11.2. The molecule has 1 fully saturated rings. The van der Waals surface area contributed by atoms with E-state index in [2.05, 4.69) is 12.2 Å². The summed E-state index contributed by atoms with van der Waals surface area (Å²) in [4.78, 5) is 0. The molecule has 22 heavy (non-hydrogen) atoms. The van der Waals surface area contributed by atoms with Crippen LogP contribution in [0.25, 0.3) is 0 Å². The second-order valence-corrected chi connectivity index (χ2v) is 5.77. The van der Waals surface area contributed by atoms with Crippen LogP contribution in [0.1, 0.15) is 39.0 Å². The lowest BCUT2D eigenvalue weighted by atomic mass is 10.1. The van der Waals surface area contributed by atoms with Crippen molar-refractivity contribution >= 4 is 5.69 Å². The third kappa shape index (κ3) is 5.48. The molecule has 3 N–H and O–H groups in total. The number of hydrogen-bond acceptors (Lipinski definition) is 5. The van der Waals surface area contributed by atoms with Crippen LogP contribution in [0.3, 0.4) is 0 Å². The van der Waals surface area contributed by atoms with E-state index in [0.29, 0.717) is 6.42 Å². The first-order valence-electron chi connectivity index (χ1n) is 8.16. The molecule has 1 aliphatic heterocycles. The van der Waals surface area contributed by atoms with Gasteiger partial charge in [0.25, 0.3) is 0 Å². The molecule has 124 valence electrons. The molecule has 0 saturated carbocycles. The van der Waals surface area contributed by atoms with Crippen molar-refractivity contribution in [3.63, 3.8) is 0 Å². The second-order valence-electron chi connectivity index (χ2n) is 5.77. The minimum atomic E-state index is -0.796. The standard InChI is InChI=1S/C17H27NO4/c1-2-3-4-5-9-21-14-8-6-7-13(10-14)18-17-11-15(19)16(20)12-22-17/h6-8,10,15-20H,2-5,9,11-12H2,1H3/t15-,16-,17+/m1/s1. The molecule has 2 rings (SSSR count). The average Bonchev–Trinajstić information content (AvgIpc) is 2.51. The number of aliphatic hydroxyl groups excluding tert-OH is 2. The Labute approximate surface area is 132 Å². The van der Waals surface area contributed by atoms with Crippen molar-refractivity contribution in [2.75, 3.05) is 18.5 Å². The monoisotopic (exact) mass is 309 g/mol. The summed E-state index contributed by atoms with van der Waals surface area (Å²) in [5.74, 6) is 0.831. The zero-order chi connectivity index (χ0) is 15.8. The van der Waals surface area contributed by atoms with Crippen molar-refractivity contribution in [1.29, 1.82) is 0 Å². The molecule has 5 nitrogen and oxygen atoms in total. The van der Waals surface area contributed by atoms with E-state index in [-0.39, 0.29) is 12.8 Å². The van der Waals surface area contributed by atoms with Crippen molar-refractivity contribution < 1.29 is 19.7 Å². The van der Waals surface area contributed by atoms with Gasteiger partial charge in [0.15, 0.2) is 0 Å². The van der Waals surface area contributed by atoms with Gasteiger partial charge in [-0.05, 0) is 18.6 Å². The number of ether oxygens (including phenoxy) is 2. The van der Waals surface area contributed by atoms with Crippen LogP contribution >= 0.6 is 0 Å². The Hall–Kier alpha value is -1.30. The van der Waals surface area contributed by atoms with Crippen LogP contribution in [-0.2, 0) is 4.74 Å². The van der Waals surface area contributed by atoms with Gasteiger partial charge in [-0.3, -0.25) is 0 Å². The molecule has 1 aliphatic rings. The summed E-state index contributed by atoms with van der Waals surface area (Å²) >= 11 is 0. The van der Waals surface area contributed by atoms with Crippen molar-refractivity contribution in [2.24, 2.45) is 0 Å². The molecule has 0 aromatic heterocycles. The maximum Gasteiger partial charge on any atom is 0.130 e. The van der Waals surface area contributed by atoms with Crippen LogP contribution in [0.2, 0.25) is 0 Å². The fourth-order valence-electron chi connectivity index (χ4n) is 2.45. The van der Waals surface area contributed by atoms with E-state index in [9.17, 15) is 10.2 Å². The van der Waals surface area contributed by atoms with Gasteiger partial charge >= 0.3 is 0 Å². The van der Waals surface area contributed by atoms with Gasteiger partial charge in [-0.25, -0.2) is 0 Å². The molecule has 0 aliphatic carbocycles. The lowest BCUT2D eigenvalue weighted by molar-refractivity contribution is -0.112. The molecule has 0 spiro atoms. The van der Waals surface area contributed by atoms with E-state index >= 15 is 0 Å². The predicted octanol–water partition coefficient (Wildman–Crippen LogP) is 2.53. The number of hydrogen-bond donors (Lipinski definition) is 3. The summed E-state index contributed by atoms with van der Waals surface area (Å²) in [5.41, 5.74) is 0.889. The number of benzene rings is 1. The van der Waals surface area contributed by atoms with Gasteiger partial charge in [0.2, 0.25) is 0 Å². The highest BCUT2D eigenvalue weighted by molar-refractivity contribution is 5.48. The van der Waals surface area contributed by atoms with E-state index < -0.39 is 12.2 Å². The maximum absolute atomic E-state index is 9.67. The zero-order valence-corrected chi connectivity index (χ0v) is 13.2. The molecular formula is C17H27NO4. The summed E-state index contributed by atoms with van der Waals surface area (Å²) in [6, 6.07) is 7.73. The van der Waals surface area contributed by atoms with Gasteiger partial charge in [-0.15, -0.1) is 0 Å². The Morgan fingerprint density at radius 3 is 2.86 bits per heavy atom. The van der Waals surface area contributed by atoms with Gasteiger partial charge in [0, 0.05) is 18.2 Å². The first-order valence-corrected chi connectivity index (χ1v) is 8.16. The lowest BCUT2D eigenvalue weighted by Gasteiger charge is -2.31. The third-order valence-corrected chi connectivity index (χ3v) is 3.80. The van der Waals surface area contributed by atoms with Gasteiger partial charge in [-0.2, -0.15) is 0 Å². The van der Waals surface area contributed by atoms with Crippen molar-refractivity contribution in [2.45, 2.75) is 57.5 Å². The van der Waals surface area contributed by atoms with Crippen LogP contribution in [-0.4, -0.2) is 41.9 Å². The van der Waals surface area contributed by atoms with Gasteiger partial charge < -0.3 is 25.0 Å². The van der Waals surface area contributed by atoms with E-state index in [1.54, 1.807) is 0 Å². The maximum atomic E-state index is 9.67. The summed E-state index contributed by atoms with van der Waals surface area (Å²) in [6.45, 7) is 3.07. The zero-order valence-electron chi connectivity index (χ0n) is 13.2. The highest BCUT2D eigenvalue weighted by atomic mass is 16.5. The first-order chi connectivity index (χ1) is 10.7. The fourth-order valence-corrected chi connectivity index (χ4v) is 2.45. The number of nitrogens with one attached hydrogen (secondary N) is 1. The Bertz CT molecular complexity index is 440. The highest BCUT2D eigenvalue weighted by Crippen LogP contribution is 2.21. The molecule has 1 aromatic rings. The summed E-state index contributed by atoms with van der Waals surface area (Å²) in [6.07, 6.45) is 3.27. The van der Waals surface area contributed by atoms with Crippen molar-refractivity contribution in [3.8, 4) is 5.75 Å². The number of rotatable bonds is 8. The Morgan fingerprint density at radius 1 is 1.23 bits per heavy atom. The largest absolute Gasteiger partial charge is 0.494 e. The minimum absolute atomic E-state index is 0.145. The predicted molar refractivity (Wildman–Crippen MR) is 86.1 cm³/mol. The van der Waals surface area contributed by atoms with E-state index in [0.717, 1.165) is 24.5 Å². The highest BCUT2D eigenvalue weighted by Gasteiger charge is 2.28. The van der Waals surface area contributed by atoms with Crippen LogP contribution in [0.4, 0.5) is 5.69 Å². The molecule has 1 saturated heterocycles. The minimum Gasteiger partial charge on any atom is -0.494 e. The summed E-state index contributed by atoms with van der Waals surface area (Å²) in [5, 5.41) is 22.3. The van der Waals surface area contributed by atoms with Crippen LogP contribution in [0, 0.1) is 0 Å². The SMILES string of the molecule is CCCCCCOc1cccc(N[C@@H]2C[C@@H](O)[C@H](O)CO2)c1. The van der Waals surface area contributed by atoms with Crippen LogP contribution in [0.5, 0.6) is 5.75 Å². The molecule has 3 atom stereocenters. The molecule has 0 unspecified atom stereocenters. The average molecular weight is 309 g/mol. The van der Waals surface area contributed by atoms with Crippen LogP contribution < -0.4 is 10.1 Å². The third-order valence-electron chi connectivity index (χ3n) is 3.80. The second kappa shape index (κ2) is 8.98. The summed E-state index contributed by atoms with van der Waals surface area (Å²) in [7, 11) is 0. The molecule has 0 amide bonds. The van der Waals surface area contributed by atoms with Gasteiger partial charge in [-0.1, -0.05) is 32.3 Å². The van der Waals surface area contributed by atoms with Gasteiger partial charge in [0.05, 0.1) is 19.3 Å². The van der Waals surface area contributed by atoms with Crippen molar-refractivity contribution in [1.82, 2.24) is 0 Å². The molecule has 0 bridgehead atoms. The van der Waals surface area contributed by atoms with E-state index in [1.165, 1.54) is 19.3 Å². The quantitative estimate of drug-likeness (QED) is 0.644. The normalized spacial score (nSPS) is 25.0. The molecule has 0 radical (unpaired) electrons. The molecule has 1 aromatic carbocycles. The topological polar surface area (TPSA) is 71.0 Å². The number of unbranched alkanes of at least 4 members (excludes halogenated alkanes) is 3. The fraction of sp³-hybridized carbons (Fsp3) is 0.647. The smallest absolute Gasteiger partial charge is 0.130 e. The van der Waals surface area contributed by atoms with Gasteiger partial charge in [0.1, 0.15) is 18.1 Å². The van der Waals surface area contributed by atoms with Crippen molar-refractivity contribution in [3.05, 3.63) is 24.3 Å². The van der Waals surface area contributed by atoms with E-state index in [4.69, 9.17) is 9.47 Å². The Balaban J connectivity index is 1.78. The Morgan fingerprint density at radius 2 is 2.09 bits per heavy atom. The van der Waals surface area contributed by atoms with Crippen LogP contribution in [0.15, 0.2) is 24.3 Å². The number of aliphatic hydroxyl groups is 2. The Kier molecular flexibility index (Phi) is 6.96. The molecular weight excluding hydrogens is 282 g/mol. The molecule has 5 heteroatoms. The first kappa shape index (κ1) is 17.1. The number of anilines is 1. The van der Waals surface area contributed by atoms with E-state index in [1.807, 2.05) is 24.3 Å². The lowest BCUT2D eigenvalue weighted by Crippen LogP contribution is -2.44. The molecule has 1 heterocycles.